The van der Waals surface area contributed by atoms with Crippen LogP contribution in [0.2, 0.25) is 0 Å². The lowest BCUT2D eigenvalue weighted by Gasteiger charge is -2.12. The molecule has 2 rings (SSSR count). The van der Waals surface area contributed by atoms with Crippen molar-refractivity contribution in [2.75, 3.05) is 13.7 Å². The quantitative estimate of drug-likeness (QED) is 0.316. The third-order valence-corrected chi connectivity index (χ3v) is 4.28. The third kappa shape index (κ3) is 5.95. The van der Waals surface area contributed by atoms with E-state index >= 15 is 0 Å². The Morgan fingerprint density at radius 3 is 2.48 bits per heavy atom. The molecule has 25 heavy (non-hydrogen) atoms. The lowest BCUT2D eigenvalue weighted by molar-refractivity contribution is 0.185. The van der Waals surface area contributed by atoms with Gasteiger partial charge in [-0.2, -0.15) is 4.91 Å². The molecule has 0 bridgehead atoms. The van der Waals surface area contributed by atoms with Gasteiger partial charge in [-0.3, -0.25) is 0 Å². The summed E-state index contributed by atoms with van der Waals surface area (Å²) >= 11 is 0. The highest BCUT2D eigenvalue weighted by Crippen LogP contribution is 2.26. The Labute approximate surface area is 150 Å². The van der Waals surface area contributed by atoms with Gasteiger partial charge in [0.2, 0.25) is 0 Å². The minimum absolute atomic E-state index is 0.371. The number of rotatable bonds is 10. The van der Waals surface area contributed by atoms with Crippen LogP contribution in [0, 0.1) is 4.91 Å². The molecule has 2 aromatic carbocycles. The smallest absolute Gasteiger partial charge is 0.0814 e. The molecule has 0 aliphatic heterocycles. The van der Waals surface area contributed by atoms with Crippen LogP contribution in [0.15, 0.2) is 59.8 Å². The molecule has 0 saturated carbocycles. The molecule has 0 N–H and O–H groups in total. The zero-order chi connectivity index (χ0) is 17.9. The summed E-state index contributed by atoms with van der Waals surface area (Å²) in [6.07, 6.45) is 8.10. The predicted octanol–water partition coefficient (Wildman–Crippen LogP) is 5.71. The first-order chi connectivity index (χ1) is 12.3. The molecule has 0 aliphatic rings. The van der Waals surface area contributed by atoms with Crippen LogP contribution in [-0.2, 0) is 24.2 Å². The number of allylic oxidation sites excluding steroid dienone is 2. The van der Waals surface area contributed by atoms with Gasteiger partial charge >= 0.3 is 0 Å². The predicted molar refractivity (Wildman–Crippen MR) is 105 cm³/mol. The summed E-state index contributed by atoms with van der Waals surface area (Å²) in [5.74, 6) is 0. The van der Waals surface area contributed by atoms with Crippen LogP contribution in [0.1, 0.15) is 36.5 Å². The lowest BCUT2D eigenvalue weighted by Crippen LogP contribution is -1.96. The van der Waals surface area contributed by atoms with E-state index in [1.807, 2.05) is 0 Å². The number of nitrogens with zero attached hydrogens (tertiary/aromatic N) is 1. The molecule has 0 spiro atoms. The van der Waals surface area contributed by atoms with Gasteiger partial charge in [0.15, 0.2) is 0 Å². The number of methoxy groups -OCH3 is 1. The maximum absolute atomic E-state index is 10.2. The van der Waals surface area contributed by atoms with Crippen LogP contribution in [0.5, 0.6) is 0 Å². The molecule has 3 nitrogen and oxygen atoms in total. The Balaban J connectivity index is 2.17. The number of hydrogen-bond donors (Lipinski definition) is 0. The molecule has 0 radical (unpaired) electrons. The van der Waals surface area contributed by atoms with Gasteiger partial charge in [0.1, 0.15) is 0 Å². The van der Waals surface area contributed by atoms with E-state index in [1.54, 1.807) is 7.11 Å². The van der Waals surface area contributed by atoms with Crippen molar-refractivity contribution in [1.82, 2.24) is 0 Å². The van der Waals surface area contributed by atoms with E-state index in [2.05, 4.69) is 66.7 Å². The maximum Gasteiger partial charge on any atom is 0.0814 e. The monoisotopic (exact) mass is 337 g/mol. The minimum atomic E-state index is 0.371. The van der Waals surface area contributed by atoms with E-state index in [0.717, 1.165) is 25.7 Å². The van der Waals surface area contributed by atoms with E-state index in [9.17, 15) is 4.91 Å². The summed E-state index contributed by atoms with van der Waals surface area (Å²) in [6.45, 7) is 3.01. The van der Waals surface area contributed by atoms with Crippen molar-refractivity contribution in [1.29, 1.82) is 0 Å². The second kappa shape index (κ2) is 10.6. The number of aryl methyl sites for hydroxylation is 2. The van der Waals surface area contributed by atoms with Crippen LogP contribution in [0.4, 0.5) is 0 Å². The average Bonchev–Trinajstić information content (AvgIpc) is 2.63. The van der Waals surface area contributed by atoms with Crippen LogP contribution in [0.3, 0.4) is 0 Å². The van der Waals surface area contributed by atoms with Gasteiger partial charge in [0.05, 0.1) is 13.2 Å². The SMILES string of the molecule is C/C=C/CCc1ccc(-c2ccc(CCCN=O)cc2COC)cc1. The highest BCUT2D eigenvalue weighted by atomic mass is 16.5. The lowest BCUT2D eigenvalue weighted by atomic mass is 9.95. The number of nitroso groups, excluding NO2 is 1. The van der Waals surface area contributed by atoms with Crippen LogP contribution in [0.25, 0.3) is 11.1 Å². The molecule has 0 amide bonds. The Kier molecular flexibility index (Phi) is 8.06. The summed E-state index contributed by atoms with van der Waals surface area (Å²) in [5.41, 5.74) is 6.18. The van der Waals surface area contributed by atoms with Crippen molar-refractivity contribution >= 4 is 0 Å². The van der Waals surface area contributed by atoms with Gasteiger partial charge in [-0.25, -0.2) is 0 Å². The highest BCUT2D eigenvalue weighted by Gasteiger charge is 2.07. The molecule has 3 heteroatoms. The van der Waals surface area contributed by atoms with Gasteiger partial charge in [-0.15, -0.1) is 0 Å². The standard InChI is InChI=1S/C22H27NO2/c1-3-4-5-7-18-9-12-20(13-10-18)22-14-11-19(8-6-15-23-24)16-21(22)17-25-2/h3-4,9-14,16H,5-8,15,17H2,1-2H3/b4-3+. The Bertz CT molecular complexity index is 690. The van der Waals surface area contributed by atoms with Crippen molar-refractivity contribution in [2.24, 2.45) is 5.18 Å². The zero-order valence-electron chi connectivity index (χ0n) is 15.2. The van der Waals surface area contributed by atoms with E-state index in [4.69, 9.17) is 4.74 Å². The Morgan fingerprint density at radius 1 is 1.04 bits per heavy atom. The van der Waals surface area contributed by atoms with Gasteiger partial charge in [0, 0.05) is 7.11 Å². The van der Waals surface area contributed by atoms with Crippen molar-refractivity contribution in [3.05, 3.63) is 76.2 Å². The number of hydrogen-bond acceptors (Lipinski definition) is 3. The topological polar surface area (TPSA) is 38.7 Å². The molecule has 2 aromatic rings. The normalized spacial score (nSPS) is 11.1. The van der Waals surface area contributed by atoms with Crippen LogP contribution < -0.4 is 0 Å². The largest absolute Gasteiger partial charge is 0.380 e. The maximum atomic E-state index is 10.2. The summed E-state index contributed by atoms with van der Waals surface area (Å²) < 4.78 is 5.38. The highest BCUT2D eigenvalue weighted by molar-refractivity contribution is 5.68. The first-order valence-electron chi connectivity index (χ1n) is 8.88. The minimum Gasteiger partial charge on any atom is -0.380 e. The third-order valence-electron chi connectivity index (χ3n) is 4.28. The molecule has 0 heterocycles. The summed E-state index contributed by atoms with van der Waals surface area (Å²) in [7, 11) is 1.72. The van der Waals surface area contributed by atoms with Crippen LogP contribution >= 0.6 is 0 Å². The molecule has 0 aromatic heterocycles. The number of benzene rings is 2. The van der Waals surface area contributed by atoms with Crippen molar-refractivity contribution in [3.8, 4) is 11.1 Å². The van der Waals surface area contributed by atoms with Crippen LogP contribution in [-0.4, -0.2) is 13.7 Å². The molecular formula is C22H27NO2. The molecule has 0 saturated heterocycles. The van der Waals surface area contributed by atoms with Crippen molar-refractivity contribution in [2.45, 2.75) is 39.2 Å². The van der Waals surface area contributed by atoms with Crippen molar-refractivity contribution in [3.63, 3.8) is 0 Å². The molecule has 0 aliphatic carbocycles. The van der Waals surface area contributed by atoms with Gasteiger partial charge in [-0.1, -0.05) is 59.8 Å². The summed E-state index contributed by atoms with van der Waals surface area (Å²) in [6, 6.07) is 15.3. The van der Waals surface area contributed by atoms with E-state index in [1.165, 1.54) is 27.8 Å². The Morgan fingerprint density at radius 2 is 1.80 bits per heavy atom. The van der Waals surface area contributed by atoms with Crippen molar-refractivity contribution < 1.29 is 4.74 Å². The number of ether oxygens (including phenoxy) is 1. The Hall–Kier alpha value is -2.26. The van der Waals surface area contributed by atoms with Gasteiger partial charge in [0.25, 0.3) is 0 Å². The second-order valence-electron chi connectivity index (χ2n) is 6.19. The molecule has 0 unspecified atom stereocenters. The summed E-state index contributed by atoms with van der Waals surface area (Å²) in [4.78, 5) is 10.2. The second-order valence-corrected chi connectivity index (χ2v) is 6.19. The first-order valence-corrected chi connectivity index (χ1v) is 8.88. The summed E-state index contributed by atoms with van der Waals surface area (Å²) in [5, 5.41) is 2.93. The first kappa shape index (κ1) is 19.1. The van der Waals surface area contributed by atoms with E-state index < -0.39 is 0 Å². The fourth-order valence-corrected chi connectivity index (χ4v) is 2.97. The van der Waals surface area contributed by atoms with E-state index in [0.29, 0.717) is 13.2 Å². The molecule has 0 fully saturated rings. The molecular weight excluding hydrogens is 310 g/mol. The molecule has 0 atom stereocenters. The average molecular weight is 337 g/mol. The zero-order valence-corrected chi connectivity index (χ0v) is 15.2. The van der Waals surface area contributed by atoms with E-state index in [-0.39, 0.29) is 0 Å². The van der Waals surface area contributed by atoms with Gasteiger partial charge < -0.3 is 4.74 Å². The molecule has 132 valence electrons. The van der Waals surface area contributed by atoms with Gasteiger partial charge in [-0.05, 0) is 60.4 Å². The fraction of sp³-hybridized carbons (Fsp3) is 0.364. The fourth-order valence-electron chi connectivity index (χ4n) is 2.97.